The highest BCUT2D eigenvalue weighted by molar-refractivity contribution is 5.30. The Morgan fingerprint density at radius 1 is 1.00 bits per heavy atom. The number of quaternary nitrogens is 1. The maximum absolute atomic E-state index is 9.90. The van der Waals surface area contributed by atoms with E-state index in [1.165, 1.54) is 51.5 Å². The summed E-state index contributed by atoms with van der Waals surface area (Å²) in [5, 5.41) is 12.4. The number of rotatable bonds is 4. The van der Waals surface area contributed by atoms with Gasteiger partial charge in [-0.3, -0.25) is 0 Å². The van der Waals surface area contributed by atoms with Crippen LogP contribution in [0.1, 0.15) is 50.5 Å². The first kappa shape index (κ1) is 13.6. The lowest BCUT2D eigenvalue weighted by Crippen LogP contribution is -2.86. The second kappa shape index (κ2) is 5.31. The van der Waals surface area contributed by atoms with Crippen molar-refractivity contribution in [3.05, 3.63) is 29.8 Å². The monoisotopic (exact) mass is 286 g/mol. The smallest absolute Gasteiger partial charge is 0.124 e. The Bertz CT molecular complexity index is 496. The maximum atomic E-state index is 9.90. The molecule has 0 spiro atoms. The molecule has 2 heteroatoms. The van der Waals surface area contributed by atoms with Crippen molar-refractivity contribution in [2.45, 2.75) is 51.5 Å². The van der Waals surface area contributed by atoms with Crippen LogP contribution in [0.5, 0.6) is 5.75 Å². The number of aromatic hydroxyl groups is 1. The Morgan fingerprint density at radius 2 is 1.67 bits per heavy atom. The van der Waals surface area contributed by atoms with Gasteiger partial charge in [-0.15, -0.1) is 0 Å². The summed E-state index contributed by atoms with van der Waals surface area (Å²) in [5.74, 6) is 3.53. The van der Waals surface area contributed by atoms with Crippen LogP contribution >= 0.6 is 0 Å². The van der Waals surface area contributed by atoms with Crippen LogP contribution in [0.3, 0.4) is 0 Å². The molecule has 1 aromatic carbocycles. The molecule has 0 saturated heterocycles. The zero-order valence-electron chi connectivity index (χ0n) is 12.9. The molecule has 0 amide bonds. The number of hydrogen-bond donors (Lipinski definition) is 2. The summed E-state index contributed by atoms with van der Waals surface area (Å²) in [4.78, 5) is 0. The van der Waals surface area contributed by atoms with Crippen LogP contribution in [0.2, 0.25) is 0 Å². The first-order chi connectivity index (χ1) is 10.2. The third-order valence-electron chi connectivity index (χ3n) is 6.41. The van der Waals surface area contributed by atoms with Crippen LogP contribution in [0.25, 0.3) is 0 Å². The molecule has 0 radical (unpaired) electrons. The topological polar surface area (TPSA) is 36.8 Å². The molecule has 4 saturated carbocycles. The summed E-state index contributed by atoms with van der Waals surface area (Å²) < 4.78 is 0. The highest BCUT2D eigenvalue weighted by atomic mass is 16.3. The van der Waals surface area contributed by atoms with E-state index in [0.717, 1.165) is 29.9 Å². The Morgan fingerprint density at radius 3 is 2.38 bits per heavy atom. The Kier molecular flexibility index (Phi) is 3.45. The lowest BCUT2D eigenvalue weighted by Gasteiger charge is -2.47. The van der Waals surface area contributed by atoms with Gasteiger partial charge in [-0.2, -0.15) is 0 Å². The normalized spacial score (nSPS) is 37.6. The minimum atomic E-state index is 0.455. The van der Waals surface area contributed by atoms with E-state index in [2.05, 4.69) is 11.4 Å². The van der Waals surface area contributed by atoms with Crippen molar-refractivity contribution in [2.24, 2.45) is 23.2 Å². The summed E-state index contributed by atoms with van der Waals surface area (Å²) in [6, 6.07) is 7.79. The number of nitrogens with two attached hydrogens (primary N) is 1. The van der Waals surface area contributed by atoms with Crippen LogP contribution < -0.4 is 5.32 Å². The molecular formula is C19H28NO+. The van der Waals surface area contributed by atoms with E-state index in [1.54, 1.807) is 6.07 Å². The minimum absolute atomic E-state index is 0.455. The first-order valence-electron chi connectivity index (χ1n) is 8.81. The fraction of sp³-hybridized carbons (Fsp3) is 0.684. The van der Waals surface area contributed by atoms with Crippen molar-refractivity contribution in [2.75, 3.05) is 6.54 Å². The zero-order valence-corrected chi connectivity index (χ0v) is 12.9. The standard InChI is InChI=1S/C19H27NO/c21-18-4-2-1-3-17(18)12-20-13-19-9-14-5-6-15(10-19)8-16(7-14)11-19/h1-4,14-16,20-21H,5-13H2/p+1/t14-,15-,16?,19?/m1/s1. The van der Waals surface area contributed by atoms with Gasteiger partial charge < -0.3 is 10.4 Å². The van der Waals surface area contributed by atoms with Gasteiger partial charge in [0.15, 0.2) is 0 Å². The van der Waals surface area contributed by atoms with Gasteiger partial charge in [0.25, 0.3) is 0 Å². The largest absolute Gasteiger partial charge is 0.507 e. The van der Waals surface area contributed by atoms with E-state index in [9.17, 15) is 5.11 Å². The maximum Gasteiger partial charge on any atom is 0.124 e. The molecule has 5 rings (SSSR count). The van der Waals surface area contributed by atoms with Gasteiger partial charge in [0, 0.05) is 11.0 Å². The van der Waals surface area contributed by atoms with Crippen LogP contribution in [-0.4, -0.2) is 11.7 Å². The highest BCUT2D eigenvalue weighted by Gasteiger charge is 2.49. The van der Waals surface area contributed by atoms with Crippen LogP contribution in [-0.2, 0) is 6.54 Å². The van der Waals surface area contributed by atoms with Gasteiger partial charge in [-0.1, -0.05) is 25.0 Å². The second-order valence-corrected chi connectivity index (χ2v) is 8.08. The molecule has 114 valence electrons. The molecule has 0 heterocycles. The van der Waals surface area contributed by atoms with Crippen LogP contribution in [0.15, 0.2) is 24.3 Å². The predicted molar refractivity (Wildman–Crippen MR) is 83.8 cm³/mol. The molecule has 0 aromatic heterocycles. The number of para-hydroxylation sites is 1. The predicted octanol–water partition coefficient (Wildman–Crippen LogP) is 3.06. The molecule has 4 bridgehead atoms. The Balaban J connectivity index is 1.41. The molecule has 0 unspecified atom stereocenters. The first-order valence-corrected chi connectivity index (χ1v) is 8.81. The quantitative estimate of drug-likeness (QED) is 0.877. The van der Waals surface area contributed by atoms with Crippen molar-refractivity contribution < 1.29 is 10.4 Å². The average Bonchev–Trinajstić information content (AvgIpc) is 2.67. The molecular weight excluding hydrogens is 258 g/mol. The SMILES string of the molecule is Oc1ccccc1C[NH2+]CC12CC3C[C@@H](CC[C@H](C3)C1)C2. The van der Waals surface area contributed by atoms with E-state index in [0.29, 0.717) is 11.2 Å². The molecule has 1 aromatic rings. The van der Waals surface area contributed by atoms with Gasteiger partial charge in [-0.05, 0) is 62.0 Å². The zero-order chi connectivity index (χ0) is 14.3. The number of fused-ring (bicyclic) bond motifs is 1. The van der Waals surface area contributed by atoms with E-state index >= 15 is 0 Å². The van der Waals surface area contributed by atoms with Crippen LogP contribution in [0.4, 0.5) is 0 Å². The lowest BCUT2D eigenvalue weighted by molar-refractivity contribution is -0.683. The fourth-order valence-corrected chi connectivity index (χ4v) is 5.84. The molecule has 21 heavy (non-hydrogen) atoms. The van der Waals surface area contributed by atoms with Crippen molar-refractivity contribution >= 4 is 0 Å². The summed E-state index contributed by atoms with van der Waals surface area (Å²) in [6.07, 6.45) is 10.5. The van der Waals surface area contributed by atoms with Gasteiger partial charge in [0.2, 0.25) is 0 Å². The van der Waals surface area contributed by atoms with Gasteiger partial charge in [-0.25, -0.2) is 0 Å². The number of phenolic OH excluding ortho intramolecular Hbond substituents is 1. The summed E-state index contributed by atoms with van der Waals surface area (Å²) >= 11 is 0. The van der Waals surface area contributed by atoms with E-state index in [4.69, 9.17) is 0 Å². The van der Waals surface area contributed by atoms with E-state index in [1.807, 2.05) is 12.1 Å². The summed E-state index contributed by atoms with van der Waals surface area (Å²) in [7, 11) is 0. The van der Waals surface area contributed by atoms with E-state index < -0.39 is 0 Å². The molecule has 4 aliphatic rings. The van der Waals surface area contributed by atoms with Gasteiger partial charge in [0.05, 0.1) is 6.54 Å². The molecule has 4 aliphatic carbocycles. The van der Waals surface area contributed by atoms with Crippen LogP contribution in [0, 0.1) is 23.2 Å². The molecule has 2 nitrogen and oxygen atoms in total. The van der Waals surface area contributed by atoms with Gasteiger partial charge in [0.1, 0.15) is 12.3 Å². The molecule has 0 aliphatic heterocycles. The van der Waals surface area contributed by atoms with Gasteiger partial charge >= 0.3 is 0 Å². The lowest BCUT2D eigenvalue weighted by atomic mass is 9.58. The Hall–Kier alpha value is -1.02. The molecule has 4 fully saturated rings. The number of benzene rings is 1. The van der Waals surface area contributed by atoms with E-state index in [-0.39, 0.29) is 0 Å². The number of hydrogen-bond acceptors (Lipinski definition) is 1. The molecule has 3 N–H and O–H groups in total. The third kappa shape index (κ3) is 2.70. The minimum Gasteiger partial charge on any atom is -0.507 e. The number of phenols is 1. The van der Waals surface area contributed by atoms with Crippen molar-refractivity contribution in [1.82, 2.24) is 0 Å². The second-order valence-electron chi connectivity index (χ2n) is 8.08. The van der Waals surface area contributed by atoms with Crippen molar-refractivity contribution in [3.63, 3.8) is 0 Å². The summed E-state index contributed by atoms with van der Waals surface area (Å²) in [6.45, 7) is 2.19. The summed E-state index contributed by atoms with van der Waals surface area (Å²) in [5.41, 5.74) is 1.71. The van der Waals surface area contributed by atoms with Crippen molar-refractivity contribution in [3.8, 4) is 5.75 Å². The molecule has 2 atom stereocenters. The highest BCUT2D eigenvalue weighted by Crippen LogP contribution is 2.57. The fourth-order valence-electron chi connectivity index (χ4n) is 5.84. The third-order valence-corrected chi connectivity index (χ3v) is 6.41. The van der Waals surface area contributed by atoms with Crippen molar-refractivity contribution in [1.29, 1.82) is 0 Å². The Labute approximate surface area is 128 Å². The average molecular weight is 286 g/mol.